The number of carboxylic acids is 1. The van der Waals surface area contributed by atoms with Gasteiger partial charge >= 0.3 is 5.97 Å². The van der Waals surface area contributed by atoms with Crippen LogP contribution in [-0.2, 0) is 4.79 Å². The van der Waals surface area contributed by atoms with Gasteiger partial charge in [-0.15, -0.1) is 0 Å². The molecule has 0 aromatic heterocycles. The molecule has 4 heteroatoms. The van der Waals surface area contributed by atoms with E-state index in [1.165, 1.54) is 12.8 Å². The lowest BCUT2D eigenvalue weighted by molar-refractivity contribution is -0.141. The van der Waals surface area contributed by atoms with Crippen molar-refractivity contribution in [3.05, 3.63) is 0 Å². The molecule has 0 aromatic carbocycles. The van der Waals surface area contributed by atoms with Gasteiger partial charge in [-0.2, -0.15) is 0 Å². The molecule has 1 saturated carbocycles. The zero-order valence-electron chi connectivity index (χ0n) is 6.69. The summed E-state index contributed by atoms with van der Waals surface area (Å²) < 4.78 is 0. The molecule has 66 valence electrons. The molecule has 1 N–H and O–H groups in total. The zero-order valence-corrected chi connectivity index (χ0v) is 7.51. The number of hydrogen-bond acceptors (Lipinski definition) is 3. The van der Waals surface area contributed by atoms with Crippen LogP contribution in [0.25, 0.3) is 0 Å². The molecule has 1 unspecified atom stereocenters. The lowest BCUT2D eigenvalue weighted by Crippen LogP contribution is -2.17. The molecule has 1 aliphatic rings. The first-order valence-electron chi connectivity index (χ1n) is 4.00. The average molecular weight is 185 g/mol. The minimum absolute atomic E-state index is 0.287. The molecule has 1 fully saturated rings. The number of carbonyl (C=O) groups is 1. The first-order valence-corrected chi connectivity index (χ1v) is 4.41. The summed E-state index contributed by atoms with van der Waals surface area (Å²) in [5, 5.41) is 10.9. The van der Waals surface area contributed by atoms with Gasteiger partial charge in [-0.1, -0.05) is 12.8 Å². The van der Waals surface area contributed by atoms with E-state index < -0.39 is 5.97 Å². The van der Waals surface area contributed by atoms with Gasteiger partial charge in [-0.3, -0.25) is 4.79 Å². The summed E-state index contributed by atoms with van der Waals surface area (Å²) in [6.07, 6.45) is 3.09. The molecule has 0 aliphatic heterocycles. The molecule has 0 bridgehead atoms. The summed E-state index contributed by atoms with van der Waals surface area (Å²) in [5.74, 6) is -0.504. The van der Waals surface area contributed by atoms with Crippen molar-refractivity contribution in [1.29, 1.82) is 0 Å². The Morgan fingerprint density at radius 2 is 2.42 bits per heavy atom. The van der Waals surface area contributed by atoms with E-state index in [-0.39, 0.29) is 12.5 Å². The third-order valence-electron chi connectivity index (χ3n) is 2.04. The number of isothiocyanates is 1. The van der Waals surface area contributed by atoms with Crippen molar-refractivity contribution >= 4 is 23.3 Å². The second-order valence-corrected chi connectivity index (χ2v) is 3.33. The van der Waals surface area contributed by atoms with Crippen LogP contribution in [0.4, 0.5) is 0 Å². The van der Waals surface area contributed by atoms with Gasteiger partial charge in [0.2, 0.25) is 0 Å². The number of nitrogens with zero attached hydrogens (tertiary/aromatic N) is 1. The van der Waals surface area contributed by atoms with E-state index in [4.69, 9.17) is 5.11 Å². The summed E-state index contributed by atoms with van der Waals surface area (Å²) in [7, 11) is 0. The molecule has 0 aromatic rings. The van der Waals surface area contributed by atoms with E-state index >= 15 is 0 Å². The molecule has 0 radical (unpaired) electrons. The smallest absolute Gasteiger partial charge is 0.308 e. The van der Waals surface area contributed by atoms with E-state index in [0.717, 1.165) is 6.42 Å². The number of aliphatic carboxylic acids is 1. The van der Waals surface area contributed by atoms with Gasteiger partial charge in [-0.25, -0.2) is 4.99 Å². The first-order chi connectivity index (χ1) is 5.74. The minimum Gasteiger partial charge on any atom is -0.481 e. The minimum atomic E-state index is -0.768. The Balaban J connectivity index is 2.35. The number of aliphatic imine (C=N–C) groups is 1. The van der Waals surface area contributed by atoms with Gasteiger partial charge in [0.05, 0.1) is 17.6 Å². The fraction of sp³-hybridized carbons (Fsp3) is 0.750. The maximum Gasteiger partial charge on any atom is 0.308 e. The lowest BCUT2D eigenvalue weighted by Gasteiger charge is -2.06. The average Bonchev–Trinajstić information content (AvgIpc) is 2.80. The summed E-state index contributed by atoms with van der Waals surface area (Å²) in [6.45, 7) is 0.287. The second kappa shape index (κ2) is 4.33. The summed E-state index contributed by atoms with van der Waals surface area (Å²) in [5.41, 5.74) is 0. The van der Waals surface area contributed by atoms with Crippen LogP contribution in [-0.4, -0.2) is 22.8 Å². The summed E-state index contributed by atoms with van der Waals surface area (Å²) >= 11 is 4.38. The van der Waals surface area contributed by atoms with Crippen molar-refractivity contribution in [3.8, 4) is 0 Å². The maximum absolute atomic E-state index is 10.6. The molecule has 1 rings (SSSR count). The largest absolute Gasteiger partial charge is 0.481 e. The quantitative estimate of drug-likeness (QED) is 0.522. The number of thiocarbonyl (C=S) groups is 1. The van der Waals surface area contributed by atoms with E-state index in [1.807, 2.05) is 0 Å². The predicted octanol–water partition coefficient (Wildman–Crippen LogP) is 1.59. The zero-order chi connectivity index (χ0) is 8.97. The van der Waals surface area contributed by atoms with Crippen LogP contribution in [0, 0.1) is 11.8 Å². The normalized spacial score (nSPS) is 18.0. The fourth-order valence-corrected chi connectivity index (χ4v) is 1.23. The van der Waals surface area contributed by atoms with Gasteiger partial charge in [0.15, 0.2) is 0 Å². The van der Waals surface area contributed by atoms with Crippen LogP contribution in [0.1, 0.15) is 19.3 Å². The Kier molecular flexibility index (Phi) is 3.38. The molecule has 0 heterocycles. The monoisotopic (exact) mass is 185 g/mol. The predicted molar refractivity (Wildman–Crippen MR) is 48.4 cm³/mol. The van der Waals surface area contributed by atoms with Crippen molar-refractivity contribution < 1.29 is 9.90 Å². The SMILES string of the molecule is O=C(O)C(CN=C=S)CC1CC1. The number of carboxylic acid groups (broad SMARTS) is 1. The Hall–Kier alpha value is -0.730. The van der Waals surface area contributed by atoms with Crippen molar-refractivity contribution in [2.45, 2.75) is 19.3 Å². The third kappa shape index (κ3) is 3.11. The second-order valence-electron chi connectivity index (χ2n) is 3.15. The van der Waals surface area contributed by atoms with Gasteiger partial charge < -0.3 is 5.11 Å². The molecular weight excluding hydrogens is 174 g/mol. The maximum atomic E-state index is 10.6. The van der Waals surface area contributed by atoms with Crippen LogP contribution < -0.4 is 0 Å². The van der Waals surface area contributed by atoms with Crippen LogP contribution in [0.2, 0.25) is 0 Å². The Labute approximate surface area is 76.5 Å². The topological polar surface area (TPSA) is 49.7 Å². The van der Waals surface area contributed by atoms with Gasteiger partial charge in [0.1, 0.15) is 0 Å². The van der Waals surface area contributed by atoms with Crippen molar-refractivity contribution in [2.75, 3.05) is 6.54 Å². The lowest BCUT2D eigenvalue weighted by atomic mass is 10.0. The van der Waals surface area contributed by atoms with E-state index in [0.29, 0.717) is 5.92 Å². The Bertz CT molecular complexity index is 219. The first kappa shape index (κ1) is 9.36. The third-order valence-corrected chi connectivity index (χ3v) is 2.17. The summed E-state index contributed by atoms with van der Waals surface area (Å²) in [6, 6.07) is 0. The van der Waals surface area contributed by atoms with E-state index in [1.54, 1.807) is 0 Å². The van der Waals surface area contributed by atoms with Crippen LogP contribution in [0.3, 0.4) is 0 Å². The Morgan fingerprint density at radius 3 is 2.83 bits per heavy atom. The molecule has 3 nitrogen and oxygen atoms in total. The molecule has 12 heavy (non-hydrogen) atoms. The number of hydrogen-bond donors (Lipinski definition) is 1. The Morgan fingerprint density at radius 1 is 1.75 bits per heavy atom. The standard InChI is InChI=1S/C8H11NO2S/c10-8(11)7(4-9-5-12)3-6-1-2-6/h6-7H,1-4H2,(H,10,11). The van der Waals surface area contributed by atoms with E-state index in [2.05, 4.69) is 22.4 Å². The van der Waals surface area contributed by atoms with Crippen LogP contribution in [0.15, 0.2) is 4.99 Å². The van der Waals surface area contributed by atoms with Crippen LogP contribution >= 0.6 is 12.2 Å². The highest BCUT2D eigenvalue weighted by atomic mass is 32.1. The highest BCUT2D eigenvalue weighted by Gasteiger charge is 2.28. The summed E-state index contributed by atoms with van der Waals surface area (Å²) in [4.78, 5) is 14.3. The highest BCUT2D eigenvalue weighted by molar-refractivity contribution is 7.78. The molecule has 0 amide bonds. The van der Waals surface area contributed by atoms with Crippen LogP contribution in [0.5, 0.6) is 0 Å². The highest BCUT2D eigenvalue weighted by Crippen LogP contribution is 2.35. The fourth-order valence-electron chi connectivity index (χ4n) is 1.16. The van der Waals surface area contributed by atoms with E-state index in [9.17, 15) is 4.79 Å². The van der Waals surface area contributed by atoms with Crippen molar-refractivity contribution in [1.82, 2.24) is 0 Å². The molecular formula is C8H11NO2S. The molecule has 0 saturated heterocycles. The molecule has 0 spiro atoms. The molecule has 1 aliphatic carbocycles. The van der Waals surface area contributed by atoms with Gasteiger partial charge in [-0.05, 0) is 24.6 Å². The molecule has 1 atom stereocenters. The van der Waals surface area contributed by atoms with Gasteiger partial charge in [0, 0.05) is 0 Å². The van der Waals surface area contributed by atoms with Gasteiger partial charge in [0.25, 0.3) is 0 Å². The van der Waals surface area contributed by atoms with Crippen molar-refractivity contribution in [3.63, 3.8) is 0 Å². The van der Waals surface area contributed by atoms with Crippen molar-refractivity contribution in [2.24, 2.45) is 16.8 Å². The number of rotatable bonds is 5.